The largest absolute Gasteiger partial charge is 0.0883 e. The van der Waals surface area contributed by atoms with E-state index in [4.69, 9.17) is 0 Å². The van der Waals surface area contributed by atoms with E-state index in [1.165, 1.54) is 89.9 Å². The quantitative estimate of drug-likeness (QED) is 0.166. The van der Waals surface area contributed by atoms with Crippen LogP contribution in [-0.4, -0.2) is 5.33 Å². The van der Waals surface area contributed by atoms with Gasteiger partial charge in [0.05, 0.1) is 0 Å². The van der Waals surface area contributed by atoms with Crippen LogP contribution in [0.15, 0.2) is 12.2 Å². The summed E-state index contributed by atoms with van der Waals surface area (Å²) in [5, 5.41) is 1.01. The number of halogens is 1. The molecule has 0 amide bonds. The van der Waals surface area contributed by atoms with Crippen LogP contribution in [0.2, 0.25) is 0 Å². The van der Waals surface area contributed by atoms with Gasteiger partial charge in [0, 0.05) is 5.33 Å². The maximum Gasteiger partial charge on any atom is 0.0212 e. The molecule has 19 heavy (non-hydrogen) atoms. The van der Waals surface area contributed by atoms with E-state index in [0.29, 0.717) is 0 Å². The Labute approximate surface area is 130 Å². The molecule has 0 fully saturated rings. The molecular weight excluding hydrogens is 296 g/mol. The first-order valence-corrected chi connectivity index (χ1v) is 9.75. The van der Waals surface area contributed by atoms with Crippen LogP contribution in [0.4, 0.5) is 0 Å². The van der Waals surface area contributed by atoms with Gasteiger partial charge in [-0.1, -0.05) is 112 Å². The van der Waals surface area contributed by atoms with Gasteiger partial charge in [0.1, 0.15) is 0 Å². The Balaban J connectivity index is 2.93. The predicted molar refractivity (Wildman–Crippen MR) is 93.2 cm³/mol. The van der Waals surface area contributed by atoms with E-state index in [-0.39, 0.29) is 0 Å². The predicted octanol–water partition coefficient (Wildman–Crippen LogP) is 7.42. The Morgan fingerprint density at radius 3 is 1.42 bits per heavy atom. The first kappa shape index (κ1) is 19.2. The molecule has 0 aromatic rings. The minimum Gasteiger partial charge on any atom is -0.0883 e. The summed E-state index contributed by atoms with van der Waals surface area (Å²) in [5.74, 6) is 0. The molecule has 0 saturated carbocycles. The second kappa shape index (κ2) is 18.2. The third-order valence-corrected chi connectivity index (χ3v) is 4.10. The van der Waals surface area contributed by atoms with Gasteiger partial charge in [-0.05, 0) is 12.8 Å². The number of unbranched alkanes of at least 4 members (excludes halogenated alkanes) is 13. The summed E-state index contributed by atoms with van der Waals surface area (Å²) in [4.78, 5) is 0. The highest BCUT2D eigenvalue weighted by atomic mass is 79.9. The monoisotopic (exact) mass is 330 g/mol. The molecule has 0 aromatic carbocycles. The van der Waals surface area contributed by atoms with Crippen molar-refractivity contribution in [2.45, 2.75) is 96.8 Å². The summed E-state index contributed by atoms with van der Waals surface area (Å²) in [5.41, 5.74) is 0. The average Bonchev–Trinajstić information content (AvgIpc) is 2.43. The van der Waals surface area contributed by atoms with Crippen molar-refractivity contribution in [2.24, 2.45) is 0 Å². The number of allylic oxidation sites excluding steroid dienone is 2. The summed E-state index contributed by atoms with van der Waals surface area (Å²) in [7, 11) is 0. The number of hydrogen-bond donors (Lipinski definition) is 0. The van der Waals surface area contributed by atoms with Crippen molar-refractivity contribution in [2.75, 3.05) is 5.33 Å². The molecule has 1 heteroatoms. The lowest BCUT2D eigenvalue weighted by atomic mass is 10.0. The van der Waals surface area contributed by atoms with Crippen molar-refractivity contribution in [3.05, 3.63) is 12.2 Å². The smallest absolute Gasteiger partial charge is 0.0212 e. The average molecular weight is 331 g/mol. The number of rotatable bonds is 15. The van der Waals surface area contributed by atoms with Crippen molar-refractivity contribution in [3.63, 3.8) is 0 Å². The Bertz CT molecular complexity index is 175. The SMILES string of the molecule is CCCCCCCCCCCCCCCC=CCBr. The summed E-state index contributed by atoms with van der Waals surface area (Å²) in [6, 6.07) is 0. The van der Waals surface area contributed by atoms with Crippen molar-refractivity contribution in [3.8, 4) is 0 Å². The zero-order valence-corrected chi connectivity index (χ0v) is 14.7. The van der Waals surface area contributed by atoms with E-state index in [1.54, 1.807) is 0 Å². The molecule has 0 N–H and O–H groups in total. The van der Waals surface area contributed by atoms with E-state index in [2.05, 4.69) is 35.0 Å². The van der Waals surface area contributed by atoms with E-state index in [0.717, 1.165) is 5.33 Å². The third-order valence-electron chi connectivity index (χ3n) is 3.73. The number of alkyl halides is 1. The maximum atomic E-state index is 3.40. The van der Waals surface area contributed by atoms with Crippen LogP contribution in [0.5, 0.6) is 0 Å². The molecule has 0 aliphatic heterocycles. The highest BCUT2D eigenvalue weighted by Gasteiger charge is 1.93. The summed E-state index contributed by atoms with van der Waals surface area (Å²) in [6.07, 6.45) is 24.6. The molecule has 114 valence electrons. The zero-order valence-electron chi connectivity index (χ0n) is 13.1. The molecule has 0 bridgehead atoms. The second-order valence-electron chi connectivity index (χ2n) is 5.66. The molecule has 0 aromatic heterocycles. The molecule has 0 nitrogen and oxygen atoms in total. The van der Waals surface area contributed by atoms with Gasteiger partial charge in [-0.2, -0.15) is 0 Å². The minimum absolute atomic E-state index is 1.01. The lowest BCUT2D eigenvalue weighted by Crippen LogP contribution is -1.82. The second-order valence-corrected chi connectivity index (χ2v) is 6.30. The lowest BCUT2D eigenvalue weighted by molar-refractivity contribution is 0.540. The molecule has 0 aliphatic carbocycles. The Morgan fingerprint density at radius 2 is 1.00 bits per heavy atom. The normalized spacial score (nSPS) is 11.5. The highest BCUT2D eigenvalue weighted by Crippen LogP contribution is 2.12. The molecule has 0 aliphatic rings. The first-order chi connectivity index (χ1) is 9.41. The van der Waals surface area contributed by atoms with Gasteiger partial charge in [-0.25, -0.2) is 0 Å². The number of hydrogen-bond acceptors (Lipinski definition) is 0. The summed E-state index contributed by atoms with van der Waals surface area (Å²) in [6.45, 7) is 2.29. The molecule has 0 atom stereocenters. The maximum absolute atomic E-state index is 3.40. The van der Waals surface area contributed by atoms with Crippen LogP contribution < -0.4 is 0 Å². The van der Waals surface area contributed by atoms with E-state index >= 15 is 0 Å². The first-order valence-electron chi connectivity index (χ1n) is 8.62. The van der Waals surface area contributed by atoms with Crippen LogP contribution in [0.1, 0.15) is 96.8 Å². The van der Waals surface area contributed by atoms with Crippen LogP contribution in [0.3, 0.4) is 0 Å². The molecule has 0 saturated heterocycles. The van der Waals surface area contributed by atoms with Crippen molar-refractivity contribution in [1.82, 2.24) is 0 Å². The molecule has 0 rings (SSSR count). The zero-order chi connectivity index (χ0) is 14.0. The van der Waals surface area contributed by atoms with Gasteiger partial charge in [-0.15, -0.1) is 0 Å². The Kier molecular flexibility index (Phi) is 18.4. The van der Waals surface area contributed by atoms with Crippen LogP contribution in [0.25, 0.3) is 0 Å². The third kappa shape index (κ3) is 18.2. The van der Waals surface area contributed by atoms with Crippen molar-refractivity contribution in [1.29, 1.82) is 0 Å². The molecule has 0 unspecified atom stereocenters. The van der Waals surface area contributed by atoms with Crippen LogP contribution in [-0.2, 0) is 0 Å². The van der Waals surface area contributed by atoms with Gasteiger partial charge >= 0.3 is 0 Å². The van der Waals surface area contributed by atoms with E-state index in [1.807, 2.05) is 0 Å². The fraction of sp³-hybridized carbons (Fsp3) is 0.889. The van der Waals surface area contributed by atoms with Gasteiger partial charge in [0.15, 0.2) is 0 Å². The fourth-order valence-corrected chi connectivity index (χ4v) is 2.73. The molecule has 0 spiro atoms. The van der Waals surface area contributed by atoms with Crippen LogP contribution >= 0.6 is 15.9 Å². The molecule has 0 radical (unpaired) electrons. The van der Waals surface area contributed by atoms with Crippen molar-refractivity contribution < 1.29 is 0 Å². The Morgan fingerprint density at radius 1 is 0.579 bits per heavy atom. The van der Waals surface area contributed by atoms with Gasteiger partial charge in [0.2, 0.25) is 0 Å². The lowest BCUT2D eigenvalue weighted by Gasteiger charge is -2.02. The summed E-state index contributed by atoms with van der Waals surface area (Å²) < 4.78 is 0. The highest BCUT2D eigenvalue weighted by molar-refractivity contribution is 9.09. The molecular formula is C18H35Br. The standard InChI is InChI=1S/C18H35Br/c1-2-3-4-5-6-7-8-9-10-11-12-13-14-15-16-17-18-19/h16-17H,2-15,18H2,1H3. The molecule has 0 heterocycles. The Hall–Kier alpha value is 0.220. The van der Waals surface area contributed by atoms with E-state index < -0.39 is 0 Å². The van der Waals surface area contributed by atoms with Crippen molar-refractivity contribution >= 4 is 15.9 Å². The van der Waals surface area contributed by atoms with Crippen LogP contribution in [0, 0.1) is 0 Å². The fourth-order valence-electron chi connectivity index (χ4n) is 2.46. The summed E-state index contributed by atoms with van der Waals surface area (Å²) >= 11 is 3.40. The van der Waals surface area contributed by atoms with Gasteiger partial charge < -0.3 is 0 Å². The topological polar surface area (TPSA) is 0 Å². The minimum atomic E-state index is 1.01. The van der Waals surface area contributed by atoms with E-state index in [9.17, 15) is 0 Å². The van der Waals surface area contributed by atoms with Gasteiger partial charge in [-0.3, -0.25) is 0 Å². The van der Waals surface area contributed by atoms with Gasteiger partial charge in [0.25, 0.3) is 0 Å².